The van der Waals surface area contributed by atoms with Gasteiger partial charge in [-0.25, -0.2) is 0 Å². The van der Waals surface area contributed by atoms with Crippen LogP contribution in [0.15, 0.2) is 48.6 Å². The molecule has 5 heteroatoms. The highest BCUT2D eigenvalue weighted by atomic mass is 16.6. The van der Waals surface area contributed by atoms with Crippen molar-refractivity contribution in [2.75, 3.05) is 13.2 Å². The third kappa shape index (κ3) is 32.8. The first kappa shape index (κ1) is 41.9. The fourth-order valence-electron chi connectivity index (χ4n) is 4.86. The van der Waals surface area contributed by atoms with Gasteiger partial charge in [-0.1, -0.05) is 133 Å². The van der Waals surface area contributed by atoms with Crippen LogP contribution in [0.5, 0.6) is 0 Å². The second-order valence-electron chi connectivity index (χ2n) is 11.9. The number of aliphatic hydroxyl groups is 1. The predicted molar refractivity (Wildman–Crippen MR) is 187 cm³/mol. The highest BCUT2D eigenvalue weighted by Gasteiger charge is 2.16. The standard InChI is InChI=1S/C39H68O5/c1-3-5-7-9-11-13-15-17-19-21-23-25-27-29-31-33-38(41)43-36-37(35-40)44-39(42)34-32-30-28-26-24-22-20-18-16-14-12-10-8-6-4-2/h5,7,11,13,17-20,37,40H,3-4,6,8-10,12,14-16,21-36H2,1-2H3/b7-5-,13-11-,19-17-,20-18-. The third-order valence-corrected chi connectivity index (χ3v) is 7.61. The Morgan fingerprint density at radius 3 is 1.50 bits per heavy atom. The van der Waals surface area contributed by atoms with Crippen molar-refractivity contribution in [2.24, 2.45) is 0 Å². The molecule has 0 radical (unpaired) electrons. The number of allylic oxidation sites excluding steroid dienone is 8. The number of ether oxygens (including phenoxy) is 2. The molecule has 0 bridgehead atoms. The minimum Gasteiger partial charge on any atom is -0.462 e. The van der Waals surface area contributed by atoms with Crippen LogP contribution in [0.25, 0.3) is 0 Å². The van der Waals surface area contributed by atoms with Gasteiger partial charge in [0.25, 0.3) is 0 Å². The smallest absolute Gasteiger partial charge is 0.306 e. The highest BCUT2D eigenvalue weighted by Crippen LogP contribution is 2.12. The van der Waals surface area contributed by atoms with Gasteiger partial charge >= 0.3 is 11.9 Å². The molecule has 0 aliphatic carbocycles. The van der Waals surface area contributed by atoms with Gasteiger partial charge in [-0.05, 0) is 70.6 Å². The van der Waals surface area contributed by atoms with Crippen molar-refractivity contribution in [1.29, 1.82) is 0 Å². The second kappa shape index (κ2) is 35.3. The van der Waals surface area contributed by atoms with Crippen LogP contribution in [0, 0.1) is 0 Å². The van der Waals surface area contributed by atoms with E-state index in [2.05, 4.69) is 62.5 Å². The molecule has 5 nitrogen and oxygen atoms in total. The van der Waals surface area contributed by atoms with Crippen LogP contribution in [0.3, 0.4) is 0 Å². The van der Waals surface area contributed by atoms with E-state index in [-0.39, 0.29) is 25.2 Å². The average molecular weight is 617 g/mol. The first-order valence-electron chi connectivity index (χ1n) is 18.2. The van der Waals surface area contributed by atoms with E-state index in [1.807, 2.05) is 0 Å². The van der Waals surface area contributed by atoms with Crippen LogP contribution in [0.1, 0.15) is 168 Å². The van der Waals surface area contributed by atoms with Gasteiger partial charge in [0.1, 0.15) is 6.61 Å². The number of carbonyl (C=O) groups excluding carboxylic acids is 2. The van der Waals surface area contributed by atoms with Crippen LogP contribution < -0.4 is 0 Å². The van der Waals surface area contributed by atoms with Crippen molar-refractivity contribution >= 4 is 11.9 Å². The molecule has 44 heavy (non-hydrogen) atoms. The Morgan fingerprint density at radius 1 is 0.545 bits per heavy atom. The fourth-order valence-corrected chi connectivity index (χ4v) is 4.86. The van der Waals surface area contributed by atoms with Gasteiger partial charge in [-0.2, -0.15) is 0 Å². The number of carbonyl (C=O) groups is 2. The number of aliphatic hydroxyl groups excluding tert-OH is 1. The van der Waals surface area contributed by atoms with Crippen molar-refractivity contribution in [1.82, 2.24) is 0 Å². The van der Waals surface area contributed by atoms with Gasteiger partial charge in [0.05, 0.1) is 6.61 Å². The molecule has 0 aromatic heterocycles. The maximum absolute atomic E-state index is 12.1. The van der Waals surface area contributed by atoms with E-state index in [1.165, 1.54) is 64.2 Å². The molecule has 0 aromatic carbocycles. The Bertz CT molecular complexity index is 752. The Morgan fingerprint density at radius 2 is 0.977 bits per heavy atom. The summed E-state index contributed by atoms with van der Waals surface area (Å²) in [5, 5.41) is 9.52. The summed E-state index contributed by atoms with van der Waals surface area (Å²) < 4.78 is 10.6. The number of esters is 2. The largest absolute Gasteiger partial charge is 0.462 e. The SMILES string of the molecule is CC/C=C\C/C=C\C/C=C\CCCCCCCC(=O)OCC(CO)OC(=O)CCCCCCC/C=C\CCCCCCCC. The number of hydrogen-bond acceptors (Lipinski definition) is 5. The molecule has 0 saturated heterocycles. The molecule has 0 amide bonds. The van der Waals surface area contributed by atoms with E-state index in [0.717, 1.165) is 77.0 Å². The zero-order chi connectivity index (χ0) is 32.2. The van der Waals surface area contributed by atoms with Crippen LogP contribution in [0.2, 0.25) is 0 Å². The minimum atomic E-state index is -0.781. The molecule has 1 N–H and O–H groups in total. The Labute approximate surface area is 271 Å². The van der Waals surface area contributed by atoms with Gasteiger partial charge in [0.15, 0.2) is 6.10 Å². The lowest BCUT2D eigenvalue weighted by atomic mass is 10.1. The topological polar surface area (TPSA) is 72.8 Å². The molecule has 0 spiro atoms. The molecule has 0 rings (SSSR count). The van der Waals surface area contributed by atoms with Crippen LogP contribution in [-0.4, -0.2) is 36.4 Å². The van der Waals surface area contributed by atoms with Crippen molar-refractivity contribution in [3.05, 3.63) is 48.6 Å². The van der Waals surface area contributed by atoms with Crippen LogP contribution in [0.4, 0.5) is 0 Å². The molecule has 1 unspecified atom stereocenters. The normalized spacial score (nSPS) is 12.7. The number of hydrogen-bond donors (Lipinski definition) is 1. The predicted octanol–water partition coefficient (Wildman–Crippen LogP) is 11.1. The van der Waals surface area contributed by atoms with Crippen molar-refractivity contribution in [3.8, 4) is 0 Å². The molecule has 1 atom stereocenters. The molecule has 0 aliphatic heterocycles. The van der Waals surface area contributed by atoms with E-state index in [9.17, 15) is 14.7 Å². The number of rotatable bonds is 32. The monoisotopic (exact) mass is 617 g/mol. The van der Waals surface area contributed by atoms with Gasteiger partial charge in [0, 0.05) is 12.8 Å². The summed E-state index contributed by atoms with van der Waals surface area (Å²) in [5.74, 6) is -0.623. The average Bonchev–Trinajstić information content (AvgIpc) is 3.02. The lowest BCUT2D eigenvalue weighted by Crippen LogP contribution is -2.28. The lowest BCUT2D eigenvalue weighted by Gasteiger charge is -2.15. The Hall–Kier alpha value is -2.14. The maximum atomic E-state index is 12.1. The summed E-state index contributed by atoms with van der Waals surface area (Å²) in [7, 11) is 0. The first-order valence-corrected chi connectivity index (χ1v) is 18.2. The van der Waals surface area contributed by atoms with Crippen molar-refractivity contribution < 1.29 is 24.2 Å². The van der Waals surface area contributed by atoms with E-state index in [4.69, 9.17) is 9.47 Å². The van der Waals surface area contributed by atoms with Crippen LogP contribution in [-0.2, 0) is 19.1 Å². The van der Waals surface area contributed by atoms with E-state index >= 15 is 0 Å². The highest BCUT2D eigenvalue weighted by molar-refractivity contribution is 5.70. The zero-order valence-corrected chi connectivity index (χ0v) is 28.7. The summed E-state index contributed by atoms with van der Waals surface area (Å²) in [6.07, 6.45) is 43.0. The van der Waals surface area contributed by atoms with E-state index in [0.29, 0.717) is 12.8 Å². The summed E-state index contributed by atoms with van der Waals surface area (Å²) in [6, 6.07) is 0. The van der Waals surface area contributed by atoms with Gasteiger partial charge < -0.3 is 14.6 Å². The Kier molecular flexibility index (Phi) is 33.6. The number of unbranched alkanes of at least 4 members (excludes halogenated alkanes) is 16. The minimum absolute atomic E-state index is 0.0790. The van der Waals surface area contributed by atoms with Gasteiger partial charge in [-0.15, -0.1) is 0 Å². The van der Waals surface area contributed by atoms with Crippen molar-refractivity contribution in [2.45, 2.75) is 174 Å². The summed E-state index contributed by atoms with van der Waals surface area (Å²) in [5.41, 5.74) is 0. The van der Waals surface area contributed by atoms with Gasteiger partial charge in [-0.3, -0.25) is 9.59 Å². The Balaban J connectivity index is 3.62. The quantitative estimate of drug-likeness (QED) is 0.0462. The fraction of sp³-hybridized carbons (Fsp3) is 0.744. The lowest BCUT2D eigenvalue weighted by molar-refractivity contribution is -0.161. The second-order valence-corrected chi connectivity index (χ2v) is 11.9. The summed E-state index contributed by atoms with van der Waals surface area (Å²) in [6.45, 7) is 3.98. The van der Waals surface area contributed by atoms with E-state index < -0.39 is 6.10 Å². The first-order chi connectivity index (χ1) is 21.6. The van der Waals surface area contributed by atoms with Crippen LogP contribution >= 0.6 is 0 Å². The van der Waals surface area contributed by atoms with Crippen molar-refractivity contribution in [3.63, 3.8) is 0 Å². The zero-order valence-electron chi connectivity index (χ0n) is 28.7. The molecule has 0 saturated carbocycles. The molecular formula is C39H68O5. The molecule has 0 heterocycles. The summed E-state index contributed by atoms with van der Waals surface area (Å²) >= 11 is 0. The molecule has 0 aromatic rings. The summed E-state index contributed by atoms with van der Waals surface area (Å²) in [4.78, 5) is 24.2. The molecular weight excluding hydrogens is 548 g/mol. The maximum Gasteiger partial charge on any atom is 0.306 e. The van der Waals surface area contributed by atoms with Gasteiger partial charge in [0.2, 0.25) is 0 Å². The molecule has 254 valence electrons. The third-order valence-electron chi connectivity index (χ3n) is 7.61. The molecule has 0 aliphatic rings. The molecule has 0 fully saturated rings. The van der Waals surface area contributed by atoms with E-state index in [1.54, 1.807) is 0 Å².